The number of para-hydroxylation sites is 1. The lowest BCUT2D eigenvalue weighted by molar-refractivity contribution is 0.195. The van der Waals surface area contributed by atoms with Gasteiger partial charge in [0.2, 0.25) is 0 Å². The van der Waals surface area contributed by atoms with E-state index in [1.165, 1.54) is 12.1 Å². The predicted octanol–water partition coefficient (Wildman–Crippen LogP) is 3.54. The van der Waals surface area contributed by atoms with Gasteiger partial charge in [-0.05, 0) is 25.1 Å². The molecular weight excluding hydrogens is 245 g/mol. The van der Waals surface area contributed by atoms with Gasteiger partial charge >= 0.3 is 0 Å². The quantitative estimate of drug-likeness (QED) is 0.914. The third-order valence-corrected chi connectivity index (χ3v) is 2.66. The number of benzene rings is 2. The van der Waals surface area contributed by atoms with Gasteiger partial charge in [-0.15, -0.1) is 0 Å². The SMILES string of the molecule is C[C@@H](O)c1ccccc1Oc1ccc(C#N)c(F)c1. The number of ether oxygens (including phenoxy) is 1. The van der Waals surface area contributed by atoms with Gasteiger partial charge in [0.15, 0.2) is 0 Å². The molecule has 0 fully saturated rings. The molecule has 19 heavy (non-hydrogen) atoms. The van der Waals surface area contributed by atoms with Gasteiger partial charge in [-0.3, -0.25) is 0 Å². The van der Waals surface area contributed by atoms with Crippen molar-refractivity contribution in [2.45, 2.75) is 13.0 Å². The summed E-state index contributed by atoms with van der Waals surface area (Å²) in [7, 11) is 0. The lowest BCUT2D eigenvalue weighted by atomic mass is 10.1. The topological polar surface area (TPSA) is 53.2 Å². The minimum Gasteiger partial charge on any atom is -0.457 e. The lowest BCUT2D eigenvalue weighted by Crippen LogP contribution is -1.96. The molecule has 0 unspecified atom stereocenters. The molecule has 3 nitrogen and oxygen atoms in total. The van der Waals surface area contributed by atoms with Crippen molar-refractivity contribution in [3.8, 4) is 17.6 Å². The van der Waals surface area contributed by atoms with E-state index in [4.69, 9.17) is 10.00 Å². The van der Waals surface area contributed by atoms with Crippen molar-refractivity contribution in [2.24, 2.45) is 0 Å². The molecule has 0 bridgehead atoms. The Hall–Kier alpha value is -2.38. The van der Waals surface area contributed by atoms with E-state index in [1.54, 1.807) is 37.3 Å². The first-order chi connectivity index (χ1) is 9.11. The van der Waals surface area contributed by atoms with Crippen LogP contribution in [0.2, 0.25) is 0 Å². The second kappa shape index (κ2) is 5.51. The summed E-state index contributed by atoms with van der Waals surface area (Å²) in [6.07, 6.45) is -0.681. The predicted molar refractivity (Wildman–Crippen MR) is 68.3 cm³/mol. The fraction of sp³-hybridized carbons (Fsp3) is 0.133. The van der Waals surface area contributed by atoms with Crippen LogP contribution in [0.15, 0.2) is 42.5 Å². The molecular formula is C15H12FNO2. The van der Waals surface area contributed by atoms with Gasteiger partial charge < -0.3 is 9.84 Å². The number of halogens is 1. The molecule has 0 amide bonds. The van der Waals surface area contributed by atoms with E-state index < -0.39 is 11.9 Å². The van der Waals surface area contributed by atoms with Crippen molar-refractivity contribution in [3.05, 3.63) is 59.4 Å². The number of nitrogens with zero attached hydrogens (tertiary/aromatic N) is 1. The number of aliphatic hydroxyl groups is 1. The summed E-state index contributed by atoms with van der Waals surface area (Å²) < 4.78 is 19.0. The monoisotopic (exact) mass is 257 g/mol. The van der Waals surface area contributed by atoms with Gasteiger partial charge in [0.05, 0.1) is 11.7 Å². The van der Waals surface area contributed by atoms with Crippen molar-refractivity contribution in [1.82, 2.24) is 0 Å². The summed E-state index contributed by atoms with van der Waals surface area (Å²) in [4.78, 5) is 0. The van der Waals surface area contributed by atoms with Gasteiger partial charge in [-0.1, -0.05) is 18.2 Å². The molecule has 0 heterocycles. The Kier molecular flexibility index (Phi) is 3.79. The van der Waals surface area contributed by atoms with Crippen molar-refractivity contribution in [2.75, 3.05) is 0 Å². The van der Waals surface area contributed by atoms with Crippen molar-refractivity contribution in [3.63, 3.8) is 0 Å². The van der Waals surface area contributed by atoms with Gasteiger partial charge in [-0.25, -0.2) is 4.39 Å². The van der Waals surface area contributed by atoms with E-state index in [-0.39, 0.29) is 11.3 Å². The van der Waals surface area contributed by atoms with E-state index >= 15 is 0 Å². The largest absolute Gasteiger partial charge is 0.457 e. The Morgan fingerprint density at radius 1 is 1.26 bits per heavy atom. The Bertz CT molecular complexity index is 632. The molecule has 1 atom stereocenters. The van der Waals surface area contributed by atoms with E-state index in [9.17, 15) is 9.50 Å². The first-order valence-corrected chi connectivity index (χ1v) is 5.76. The van der Waals surface area contributed by atoms with Crippen LogP contribution in [-0.4, -0.2) is 5.11 Å². The van der Waals surface area contributed by atoms with Crippen LogP contribution in [0.1, 0.15) is 24.2 Å². The summed E-state index contributed by atoms with van der Waals surface area (Å²) in [6, 6.07) is 12.7. The number of hydrogen-bond acceptors (Lipinski definition) is 3. The average Bonchev–Trinajstić information content (AvgIpc) is 2.39. The smallest absolute Gasteiger partial charge is 0.144 e. The molecule has 4 heteroatoms. The summed E-state index contributed by atoms with van der Waals surface area (Å²) in [5.41, 5.74) is 0.587. The third kappa shape index (κ3) is 2.90. The van der Waals surface area contributed by atoms with Gasteiger partial charge in [0, 0.05) is 11.6 Å². The highest BCUT2D eigenvalue weighted by Gasteiger charge is 2.10. The standard InChI is InChI=1S/C15H12FNO2/c1-10(18)13-4-2-3-5-15(13)19-12-7-6-11(9-17)14(16)8-12/h2-8,10,18H,1H3/t10-/m1/s1. The second-order valence-corrected chi connectivity index (χ2v) is 4.07. The van der Waals surface area contributed by atoms with Gasteiger partial charge in [-0.2, -0.15) is 5.26 Å². The first kappa shape index (κ1) is 13.1. The molecule has 0 aliphatic heterocycles. The fourth-order valence-electron chi connectivity index (χ4n) is 1.70. The molecule has 0 aliphatic rings. The molecule has 0 saturated heterocycles. The Balaban J connectivity index is 2.32. The normalized spacial score (nSPS) is 11.7. The minimum atomic E-state index is -0.681. The molecule has 0 spiro atoms. The molecule has 0 aromatic heterocycles. The molecule has 2 rings (SSSR count). The van der Waals surface area contributed by atoms with Gasteiger partial charge in [0.1, 0.15) is 23.4 Å². The van der Waals surface area contributed by atoms with Crippen LogP contribution in [0.3, 0.4) is 0 Å². The number of hydrogen-bond donors (Lipinski definition) is 1. The summed E-state index contributed by atoms with van der Waals surface area (Å²) in [5.74, 6) is 0.112. The lowest BCUT2D eigenvalue weighted by Gasteiger charge is -2.13. The van der Waals surface area contributed by atoms with Gasteiger partial charge in [0.25, 0.3) is 0 Å². The van der Waals surface area contributed by atoms with Crippen LogP contribution in [0, 0.1) is 17.1 Å². The maximum atomic E-state index is 13.5. The maximum Gasteiger partial charge on any atom is 0.144 e. The fourth-order valence-corrected chi connectivity index (χ4v) is 1.70. The molecule has 0 aliphatic carbocycles. The average molecular weight is 257 g/mol. The Morgan fingerprint density at radius 2 is 2.00 bits per heavy atom. The van der Waals surface area contributed by atoms with Crippen LogP contribution >= 0.6 is 0 Å². The molecule has 1 N–H and O–H groups in total. The van der Waals surface area contributed by atoms with Crippen LogP contribution in [0.25, 0.3) is 0 Å². The highest BCUT2D eigenvalue weighted by atomic mass is 19.1. The first-order valence-electron chi connectivity index (χ1n) is 5.76. The van der Waals surface area contributed by atoms with Crippen LogP contribution in [0.4, 0.5) is 4.39 Å². The number of aliphatic hydroxyl groups excluding tert-OH is 1. The number of nitriles is 1. The Morgan fingerprint density at radius 3 is 2.63 bits per heavy atom. The zero-order valence-corrected chi connectivity index (χ0v) is 10.3. The van der Waals surface area contributed by atoms with Crippen LogP contribution < -0.4 is 4.74 Å². The zero-order chi connectivity index (χ0) is 13.8. The van der Waals surface area contributed by atoms with E-state index in [0.717, 1.165) is 6.07 Å². The Labute approximate surface area is 110 Å². The third-order valence-electron chi connectivity index (χ3n) is 2.66. The maximum absolute atomic E-state index is 13.5. The summed E-state index contributed by atoms with van der Waals surface area (Å²) in [6.45, 7) is 1.63. The van der Waals surface area contributed by atoms with Crippen molar-refractivity contribution in [1.29, 1.82) is 5.26 Å². The summed E-state index contributed by atoms with van der Waals surface area (Å²) in [5, 5.41) is 18.3. The molecule has 2 aromatic rings. The second-order valence-electron chi connectivity index (χ2n) is 4.07. The van der Waals surface area contributed by atoms with Crippen LogP contribution in [0.5, 0.6) is 11.5 Å². The minimum absolute atomic E-state index is 0.0313. The van der Waals surface area contributed by atoms with E-state index in [1.807, 2.05) is 0 Å². The molecule has 96 valence electrons. The zero-order valence-electron chi connectivity index (χ0n) is 10.3. The molecule has 0 radical (unpaired) electrons. The van der Waals surface area contributed by atoms with Crippen LogP contribution in [-0.2, 0) is 0 Å². The highest BCUT2D eigenvalue weighted by Crippen LogP contribution is 2.30. The molecule has 2 aromatic carbocycles. The number of rotatable bonds is 3. The summed E-state index contributed by atoms with van der Waals surface area (Å²) >= 11 is 0. The van der Waals surface area contributed by atoms with Crippen molar-refractivity contribution >= 4 is 0 Å². The van der Waals surface area contributed by atoms with E-state index in [0.29, 0.717) is 11.3 Å². The highest BCUT2D eigenvalue weighted by molar-refractivity contribution is 5.41. The van der Waals surface area contributed by atoms with Crippen molar-refractivity contribution < 1.29 is 14.2 Å². The van der Waals surface area contributed by atoms with E-state index in [2.05, 4.69) is 0 Å². The molecule has 0 saturated carbocycles.